The summed E-state index contributed by atoms with van der Waals surface area (Å²) in [6, 6.07) is 0.560. The zero-order valence-corrected chi connectivity index (χ0v) is 9.07. The zero-order chi connectivity index (χ0) is 10.6. The van der Waals surface area contributed by atoms with E-state index < -0.39 is 5.97 Å². The van der Waals surface area contributed by atoms with Gasteiger partial charge in [-0.25, -0.2) is 0 Å². The average molecular weight is 200 g/mol. The molecular formula is C10H20N2O2. The zero-order valence-electron chi connectivity index (χ0n) is 9.07. The molecule has 0 saturated carbocycles. The lowest BCUT2D eigenvalue weighted by molar-refractivity contribution is -0.138. The van der Waals surface area contributed by atoms with Gasteiger partial charge in [0.05, 0.1) is 6.54 Å². The molecule has 0 aromatic carbocycles. The van der Waals surface area contributed by atoms with Crippen LogP contribution in [0.1, 0.15) is 20.3 Å². The summed E-state index contributed by atoms with van der Waals surface area (Å²) < 4.78 is 0. The number of carboxylic acid groups (broad SMARTS) is 1. The molecule has 82 valence electrons. The minimum Gasteiger partial charge on any atom is -0.480 e. The number of likely N-dealkylation sites (N-methyl/N-ethyl adjacent to an activating group) is 1. The van der Waals surface area contributed by atoms with Crippen molar-refractivity contribution >= 4 is 5.97 Å². The highest BCUT2D eigenvalue weighted by Gasteiger charge is 2.26. The number of carboxylic acids is 1. The number of rotatable bonds is 5. The molecule has 1 unspecified atom stereocenters. The summed E-state index contributed by atoms with van der Waals surface area (Å²) in [5, 5.41) is 8.66. The fourth-order valence-electron chi connectivity index (χ4n) is 2.19. The Labute approximate surface area is 85.5 Å². The predicted octanol–water partition coefficient (Wildman–Crippen LogP) is 0.487. The van der Waals surface area contributed by atoms with Gasteiger partial charge in [0.1, 0.15) is 0 Å². The summed E-state index contributed by atoms with van der Waals surface area (Å²) in [6.07, 6.45) is 1.11. The highest BCUT2D eigenvalue weighted by molar-refractivity contribution is 5.69. The van der Waals surface area contributed by atoms with E-state index in [0.29, 0.717) is 6.04 Å². The molecule has 1 atom stereocenters. The summed E-state index contributed by atoms with van der Waals surface area (Å²) in [6.45, 7) is 8.45. The van der Waals surface area contributed by atoms with Gasteiger partial charge < -0.3 is 5.11 Å². The van der Waals surface area contributed by atoms with Gasteiger partial charge in [-0.3, -0.25) is 14.6 Å². The maximum absolute atomic E-state index is 10.5. The Hall–Kier alpha value is -0.610. The van der Waals surface area contributed by atoms with Crippen molar-refractivity contribution in [1.82, 2.24) is 9.80 Å². The summed E-state index contributed by atoms with van der Waals surface area (Å²) in [7, 11) is 0. The van der Waals surface area contributed by atoms with Gasteiger partial charge in [-0.2, -0.15) is 0 Å². The molecule has 0 aliphatic carbocycles. The Morgan fingerprint density at radius 3 is 2.64 bits per heavy atom. The first-order valence-electron chi connectivity index (χ1n) is 5.35. The monoisotopic (exact) mass is 200 g/mol. The van der Waals surface area contributed by atoms with Gasteiger partial charge in [0.15, 0.2) is 0 Å². The Balaban J connectivity index is 2.36. The van der Waals surface area contributed by atoms with Crippen LogP contribution >= 0.6 is 0 Å². The number of nitrogens with zero attached hydrogens (tertiary/aromatic N) is 2. The van der Waals surface area contributed by atoms with Crippen molar-refractivity contribution in [3.63, 3.8) is 0 Å². The Kier molecular flexibility index (Phi) is 4.35. The Morgan fingerprint density at radius 1 is 1.50 bits per heavy atom. The summed E-state index contributed by atoms with van der Waals surface area (Å²) >= 11 is 0. The molecule has 1 heterocycles. The van der Waals surface area contributed by atoms with Crippen LogP contribution in [0.15, 0.2) is 0 Å². The number of carbonyl (C=O) groups is 1. The molecule has 0 bridgehead atoms. The van der Waals surface area contributed by atoms with Gasteiger partial charge in [0, 0.05) is 19.1 Å². The van der Waals surface area contributed by atoms with E-state index in [1.54, 1.807) is 0 Å². The molecule has 1 saturated heterocycles. The molecule has 1 aliphatic rings. The molecule has 4 heteroatoms. The second-order valence-electron chi connectivity index (χ2n) is 3.79. The predicted molar refractivity (Wildman–Crippen MR) is 55.4 cm³/mol. The van der Waals surface area contributed by atoms with E-state index in [2.05, 4.69) is 18.7 Å². The van der Waals surface area contributed by atoms with Crippen molar-refractivity contribution in [2.75, 3.05) is 32.7 Å². The Morgan fingerprint density at radius 2 is 2.14 bits per heavy atom. The Bertz CT molecular complexity index is 193. The van der Waals surface area contributed by atoms with E-state index in [4.69, 9.17) is 5.11 Å². The van der Waals surface area contributed by atoms with Crippen molar-refractivity contribution in [3.8, 4) is 0 Å². The molecule has 1 aliphatic heterocycles. The minimum atomic E-state index is -0.717. The van der Waals surface area contributed by atoms with Crippen LogP contribution in [0.25, 0.3) is 0 Å². The smallest absolute Gasteiger partial charge is 0.317 e. The van der Waals surface area contributed by atoms with Crippen LogP contribution in [0.3, 0.4) is 0 Å². The summed E-state index contributed by atoms with van der Waals surface area (Å²) in [5.74, 6) is -0.717. The van der Waals surface area contributed by atoms with Crippen LogP contribution in [0.4, 0.5) is 0 Å². The number of likely N-dealkylation sites (tertiary alicyclic amines) is 1. The summed E-state index contributed by atoms with van der Waals surface area (Å²) in [4.78, 5) is 14.9. The van der Waals surface area contributed by atoms with Crippen molar-refractivity contribution in [2.24, 2.45) is 0 Å². The van der Waals surface area contributed by atoms with Crippen LogP contribution in [0.5, 0.6) is 0 Å². The van der Waals surface area contributed by atoms with E-state index in [1.807, 2.05) is 4.90 Å². The lowest BCUT2D eigenvalue weighted by atomic mass is 10.2. The third-order valence-corrected chi connectivity index (χ3v) is 2.94. The topological polar surface area (TPSA) is 43.8 Å². The minimum absolute atomic E-state index is 0.192. The SMILES string of the molecule is CCN(CC)C1CCN(CC(=O)O)C1. The second kappa shape index (κ2) is 5.32. The van der Waals surface area contributed by atoms with Crippen molar-refractivity contribution in [2.45, 2.75) is 26.3 Å². The molecule has 1 rings (SSSR count). The van der Waals surface area contributed by atoms with Gasteiger partial charge in [-0.05, 0) is 19.5 Å². The molecule has 1 fully saturated rings. The van der Waals surface area contributed by atoms with Crippen molar-refractivity contribution in [3.05, 3.63) is 0 Å². The van der Waals surface area contributed by atoms with Gasteiger partial charge in [-0.1, -0.05) is 13.8 Å². The van der Waals surface area contributed by atoms with E-state index >= 15 is 0 Å². The molecule has 0 radical (unpaired) electrons. The van der Waals surface area contributed by atoms with Crippen molar-refractivity contribution in [1.29, 1.82) is 0 Å². The summed E-state index contributed by atoms with van der Waals surface area (Å²) in [5.41, 5.74) is 0. The van der Waals surface area contributed by atoms with Crippen LogP contribution in [0.2, 0.25) is 0 Å². The lowest BCUT2D eigenvalue weighted by Crippen LogP contribution is -2.38. The first-order valence-corrected chi connectivity index (χ1v) is 5.35. The fourth-order valence-corrected chi connectivity index (χ4v) is 2.19. The van der Waals surface area contributed by atoms with Crippen LogP contribution in [-0.4, -0.2) is 59.6 Å². The van der Waals surface area contributed by atoms with Gasteiger partial charge >= 0.3 is 5.97 Å². The molecular weight excluding hydrogens is 180 g/mol. The first-order chi connectivity index (χ1) is 6.67. The third kappa shape index (κ3) is 2.96. The van der Waals surface area contributed by atoms with Crippen LogP contribution in [0, 0.1) is 0 Å². The second-order valence-corrected chi connectivity index (χ2v) is 3.79. The largest absolute Gasteiger partial charge is 0.480 e. The van der Waals surface area contributed by atoms with Crippen LogP contribution in [-0.2, 0) is 4.79 Å². The van der Waals surface area contributed by atoms with E-state index in [-0.39, 0.29) is 6.54 Å². The highest BCUT2D eigenvalue weighted by atomic mass is 16.4. The van der Waals surface area contributed by atoms with E-state index in [9.17, 15) is 4.79 Å². The number of aliphatic carboxylic acids is 1. The average Bonchev–Trinajstić information content (AvgIpc) is 2.54. The van der Waals surface area contributed by atoms with Crippen molar-refractivity contribution < 1.29 is 9.90 Å². The van der Waals surface area contributed by atoms with Gasteiger partial charge in [0.25, 0.3) is 0 Å². The quantitative estimate of drug-likeness (QED) is 0.701. The molecule has 0 aromatic heterocycles. The molecule has 0 amide bonds. The first kappa shape index (κ1) is 11.5. The number of hydrogen-bond acceptors (Lipinski definition) is 3. The maximum Gasteiger partial charge on any atom is 0.317 e. The van der Waals surface area contributed by atoms with Gasteiger partial charge in [-0.15, -0.1) is 0 Å². The lowest BCUT2D eigenvalue weighted by Gasteiger charge is -2.25. The molecule has 4 nitrogen and oxygen atoms in total. The third-order valence-electron chi connectivity index (χ3n) is 2.94. The molecule has 0 aromatic rings. The highest BCUT2D eigenvalue weighted by Crippen LogP contribution is 2.14. The molecule has 14 heavy (non-hydrogen) atoms. The molecule has 0 spiro atoms. The molecule has 1 N–H and O–H groups in total. The normalized spacial score (nSPS) is 23.2. The standard InChI is InChI=1S/C10H20N2O2/c1-3-12(4-2)9-5-6-11(7-9)8-10(13)14/h9H,3-8H2,1-2H3,(H,13,14). The van der Waals surface area contributed by atoms with Gasteiger partial charge in [0.2, 0.25) is 0 Å². The van der Waals surface area contributed by atoms with E-state index in [1.165, 1.54) is 0 Å². The maximum atomic E-state index is 10.5. The van der Waals surface area contributed by atoms with E-state index in [0.717, 1.165) is 32.6 Å². The fraction of sp³-hybridized carbons (Fsp3) is 0.900. The van der Waals surface area contributed by atoms with Crippen LogP contribution < -0.4 is 0 Å². The number of hydrogen-bond donors (Lipinski definition) is 1.